The van der Waals surface area contributed by atoms with E-state index in [9.17, 15) is 26.7 Å². The number of nitrogens with zero attached hydrogens (tertiary/aromatic N) is 3. The Bertz CT molecular complexity index is 1300. The Morgan fingerprint density at radius 3 is 2.49 bits per heavy atom. The standard InChI is InChI=1S/C23H21ClF5N5O/c1-22(2)21-32-19(12-3-4-16(25)17(26)7-12)20(33(21)5-6-34(22)18(35)11-30)31-15-9-13(23(27,28)29)8-14(24)10-15/h3-4,7-10,31H,5-6,11,30H2,1-2H3. The smallest absolute Gasteiger partial charge is 0.340 e. The highest BCUT2D eigenvalue weighted by Gasteiger charge is 2.41. The molecule has 1 aliphatic heterocycles. The molecule has 0 atom stereocenters. The number of rotatable bonds is 4. The summed E-state index contributed by atoms with van der Waals surface area (Å²) in [6.07, 6.45) is -4.63. The van der Waals surface area contributed by atoms with Gasteiger partial charge in [-0.3, -0.25) is 4.79 Å². The van der Waals surface area contributed by atoms with Gasteiger partial charge in [0.25, 0.3) is 0 Å². The third kappa shape index (κ3) is 4.57. The Hall–Kier alpha value is -3.18. The molecule has 0 saturated heterocycles. The summed E-state index contributed by atoms with van der Waals surface area (Å²) in [7, 11) is 0. The van der Waals surface area contributed by atoms with E-state index in [0.717, 1.165) is 24.3 Å². The molecule has 2 aromatic carbocycles. The summed E-state index contributed by atoms with van der Waals surface area (Å²) >= 11 is 5.94. The Labute approximate surface area is 202 Å². The van der Waals surface area contributed by atoms with Crippen LogP contribution < -0.4 is 11.1 Å². The summed E-state index contributed by atoms with van der Waals surface area (Å²) in [5.74, 6) is -1.84. The van der Waals surface area contributed by atoms with E-state index in [1.54, 1.807) is 23.3 Å². The average Bonchev–Trinajstić information content (AvgIpc) is 3.14. The van der Waals surface area contributed by atoms with Crippen LogP contribution in [0.2, 0.25) is 5.02 Å². The first-order valence-electron chi connectivity index (χ1n) is 10.5. The number of aromatic nitrogens is 2. The van der Waals surface area contributed by atoms with Crippen LogP contribution >= 0.6 is 11.6 Å². The number of anilines is 2. The summed E-state index contributed by atoms with van der Waals surface area (Å²) in [5, 5.41) is 2.79. The molecular weight excluding hydrogens is 493 g/mol. The number of fused-ring (bicyclic) bond motifs is 1. The van der Waals surface area contributed by atoms with Crippen LogP contribution in [0.4, 0.5) is 33.5 Å². The van der Waals surface area contributed by atoms with Gasteiger partial charge in [-0.05, 0) is 50.2 Å². The van der Waals surface area contributed by atoms with Crippen molar-refractivity contribution >= 4 is 29.0 Å². The van der Waals surface area contributed by atoms with Gasteiger partial charge >= 0.3 is 6.18 Å². The minimum Gasteiger partial charge on any atom is -0.340 e. The van der Waals surface area contributed by atoms with E-state index in [-0.39, 0.29) is 53.3 Å². The Kier molecular flexibility index (Phi) is 6.26. The Balaban J connectivity index is 1.90. The van der Waals surface area contributed by atoms with Crippen molar-refractivity contribution in [3.8, 4) is 11.3 Å². The topological polar surface area (TPSA) is 76.2 Å². The number of benzene rings is 2. The molecule has 0 spiro atoms. The molecule has 35 heavy (non-hydrogen) atoms. The molecule has 2 heterocycles. The van der Waals surface area contributed by atoms with Gasteiger partial charge in [-0.2, -0.15) is 13.2 Å². The van der Waals surface area contributed by atoms with Crippen LogP contribution in [0.3, 0.4) is 0 Å². The van der Waals surface area contributed by atoms with Crippen molar-refractivity contribution in [2.45, 2.75) is 32.1 Å². The molecule has 3 aromatic rings. The van der Waals surface area contributed by atoms with E-state index < -0.39 is 28.9 Å². The van der Waals surface area contributed by atoms with Crippen LogP contribution in [-0.2, 0) is 23.1 Å². The second kappa shape index (κ2) is 8.80. The maximum Gasteiger partial charge on any atom is 0.416 e. The molecule has 1 aliphatic rings. The molecule has 6 nitrogen and oxygen atoms in total. The molecule has 0 radical (unpaired) electrons. The van der Waals surface area contributed by atoms with Crippen LogP contribution in [-0.4, -0.2) is 33.4 Å². The van der Waals surface area contributed by atoms with Gasteiger partial charge in [0.1, 0.15) is 17.3 Å². The van der Waals surface area contributed by atoms with Crippen molar-refractivity contribution in [3.05, 3.63) is 64.4 Å². The lowest BCUT2D eigenvalue weighted by atomic mass is 9.99. The molecule has 1 aromatic heterocycles. The predicted octanol–water partition coefficient (Wildman–Crippen LogP) is 5.28. The number of hydrogen-bond acceptors (Lipinski definition) is 4. The van der Waals surface area contributed by atoms with Crippen molar-refractivity contribution < 1.29 is 26.7 Å². The fraction of sp³-hybridized carbons (Fsp3) is 0.304. The van der Waals surface area contributed by atoms with Gasteiger partial charge in [0.2, 0.25) is 5.91 Å². The highest BCUT2D eigenvalue weighted by molar-refractivity contribution is 6.31. The van der Waals surface area contributed by atoms with Crippen molar-refractivity contribution in [1.29, 1.82) is 0 Å². The van der Waals surface area contributed by atoms with Crippen LogP contribution in [0.25, 0.3) is 11.3 Å². The van der Waals surface area contributed by atoms with Gasteiger partial charge < -0.3 is 20.5 Å². The molecule has 186 valence electrons. The number of amides is 1. The largest absolute Gasteiger partial charge is 0.416 e. The zero-order valence-electron chi connectivity index (χ0n) is 18.7. The number of hydrogen-bond donors (Lipinski definition) is 2. The number of nitrogens with one attached hydrogen (secondary N) is 1. The number of carbonyl (C=O) groups excluding carboxylic acids is 1. The second-order valence-electron chi connectivity index (χ2n) is 8.57. The SMILES string of the molecule is CC1(C)c2nc(-c3ccc(F)c(F)c3)c(Nc3cc(Cl)cc(C(F)(F)F)c3)n2CCN1C(=O)CN. The minimum atomic E-state index is -4.63. The maximum absolute atomic E-state index is 14.1. The van der Waals surface area contributed by atoms with E-state index >= 15 is 0 Å². The second-order valence-corrected chi connectivity index (χ2v) is 9.01. The fourth-order valence-corrected chi connectivity index (χ4v) is 4.45. The molecule has 4 rings (SSSR count). The van der Waals surface area contributed by atoms with Gasteiger partial charge in [-0.25, -0.2) is 13.8 Å². The van der Waals surface area contributed by atoms with Crippen LogP contribution in [0.15, 0.2) is 36.4 Å². The van der Waals surface area contributed by atoms with Crippen molar-refractivity contribution in [2.24, 2.45) is 5.73 Å². The van der Waals surface area contributed by atoms with Gasteiger partial charge in [-0.1, -0.05) is 11.6 Å². The molecule has 0 saturated carbocycles. The average molecular weight is 514 g/mol. The maximum atomic E-state index is 14.1. The first kappa shape index (κ1) is 24.9. The fourth-order valence-electron chi connectivity index (χ4n) is 4.22. The minimum absolute atomic E-state index is 0.0228. The summed E-state index contributed by atoms with van der Waals surface area (Å²) in [6, 6.07) is 6.19. The van der Waals surface area contributed by atoms with E-state index in [1.807, 2.05) is 0 Å². The lowest BCUT2D eigenvalue weighted by molar-refractivity contribution is -0.138. The monoisotopic (exact) mass is 513 g/mol. The van der Waals surface area contributed by atoms with Crippen molar-refractivity contribution in [1.82, 2.24) is 14.5 Å². The summed E-state index contributed by atoms with van der Waals surface area (Å²) in [6.45, 7) is 3.77. The predicted molar refractivity (Wildman–Crippen MR) is 121 cm³/mol. The molecule has 0 aliphatic carbocycles. The number of halogens is 6. The zero-order valence-corrected chi connectivity index (χ0v) is 19.4. The van der Waals surface area contributed by atoms with Crippen molar-refractivity contribution in [3.63, 3.8) is 0 Å². The molecule has 1 amide bonds. The van der Waals surface area contributed by atoms with E-state index in [4.69, 9.17) is 17.3 Å². The van der Waals surface area contributed by atoms with E-state index in [1.165, 1.54) is 12.1 Å². The number of carbonyl (C=O) groups is 1. The first-order chi connectivity index (χ1) is 16.3. The molecule has 12 heteroatoms. The van der Waals surface area contributed by atoms with Crippen molar-refractivity contribution in [2.75, 3.05) is 18.4 Å². The molecular formula is C23H21ClF5N5O. The molecule has 0 fully saturated rings. The molecule has 0 unspecified atom stereocenters. The lowest BCUT2D eigenvalue weighted by Crippen LogP contribution is -2.53. The van der Waals surface area contributed by atoms with E-state index in [2.05, 4.69) is 10.3 Å². The summed E-state index contributed by atoms with van der Waals surface area (Å²) in [4.78, 5) is 18.6. The van der Waals surface area contributed by atoms with E-state index in [0.29, 0.717) is 5.82 Å². The Morgan fingerprint density at radius 2 is 1.86 bits per heavy atom. The highest BCUT2D eigenvalue weighted by atomic mass is 35.5. The number of nitrogens with two attached hydrogens (primary N) is 1. The quantitative estimate of drug-likeness (QED) is 0.465. The third-order valence-electron chi connectivity index (χ3n) is 5.89. The lowest BCUT2D eigenvalue weighted by Gasteiger charge is -2.42. The normalized spacial score (nSPS) is 15.2. The van der Waals surface area contributed by atoms with Gasteiger partial charge in [0.05, 0.1) is 17.6 Å². The van der Waals surface area contributed by atoms with Gasteiger partial charge in [0, 0.05) is 29.4 Å². The first-order valence-corrected chi connectivity index (χ1v) is 10.9. The third-order valence-corrected chi connectivity index (χ3v) is 6.11. The number of imidazole rings is 1. The highest BCUT2D eigenvalue weighted by Crippen LogP contribution is 2.41. The summed E-state index contributed by atoms with van der Waals surface area (Å²) < 4.78 is 69.4. The van der Waals surface area contributed by atoms with Gasteiger partial charge in [0.15, 0.2) is 11.6 Å². The zero-order chi connectivity index (χ0) is 25.7. The van der Waals surface area contributed by atoms with Gasteiger partial charge in [-0.15, -0.1) is 0 Å². The van der Waals surface area contributed by atoms with Crippen LogP contribution in [0, 0.1) is 11.6 Å². The summed E-state index contributed by atoms with van der Waals surface area (Å²) in [5.41, 5.74) is 4.03. The Morgan fingerprint density at radius 1 is 1.14 bits per heavy atom. The molecule has 0 bridgehead atoms. The molecule has 3 N–H and O–H groups in total. The van der Waals surface area contributed by atoms with Crippen LogP contribution in [0.1, 0.15) is 25.2 Å². The van der Waals surface area contributed by atoms with Crippen LogP contribution in [0.5, 0.6) is 0 Å². The number of alkyl halides is 3.